The quantitative estimate of drug-likeness (QED) is 0.00845. The summed E-state index contributed by atoms with van der Waals surface area (Å²) in [5.41, 5.74) is 33.5. The maximum Gasteiger partial charge on any atom is 0.305 e. The molecule has 546 valence electrons. The molecule has 12 amide bonds. The summed E-state index contributed by atoms with van der Waals surface area (Å²) in [5, 5.41) is 49.1. The average Bonchev–Trinajstić information content (AvgIpc) is 1.69. The van der Waals surface area contributed by atoms with E-state index in [0.717, 1.165) is 0 Å². The Morgan fingerprint density at radius 3 is 1.60 bits per heavy atom. The Bertz CT molecular complexity index is 3620. The van der Waals surface area contributed by atoms with Gasteiger partial charge in [-0.2, -0.15) is 11.8 Å². The number of hydrogen-bond donors (Lipinski definition) is 17. The number of thioether (sulfide) groups is 1. The number of carboxylic acid groups (broad SMARTS) is 1. The van der Waals surface area contributed by atoms with Crippen LogP contribution in [0.1, 0.15) is 102 Å². The molecule has 0 aliphatic heterocycles. The number of benzene rings is 3. The summed E-state index contributed by atoms with van der Waals surface area (Å²) in [7, 11) is 0. The van der Waals surface area contributed by atoms with Crippen LogP contribution < -0.4 is 76.1 Å². The molecule has 0 bridgehead atoms. The molecule has 0 saturated carbocycles. The number of rotatable bonds is 44. The number of nitrogens with one attached hydrogen (secondary N) is 11. The van der Waals surface area contributed by atoms with Gasteiger partial charge in [-0.15, -0.1) is 12.3 Å². The van der Waals surface area contributed by atoms with Crippen LogP contribution in [0.3, 0.4) is 0 Å². The summed E-state index contributed by atoms with van der Waals surface area (Å²) in [4.78, 5) is 185. The van der Waals surface area contributed by atoms with E-state index < -0.39 is 162 Å². The van der Waals surface area contributed by atoms with Crippen molar-refractivity contribution in [3.05, 3.63) is 112 Å². The van der Waals surface area contributed by atoms with Crippen LogP contribution in [0.5, 0.6) is 5.75 Å². The van der Waals surface area contributed by atoms with Crippen molar-refractivity contribution in [3.8, 4) is 18.1 Å². The van der Waals surface area contributed by atoms with Gasteiger partial charge < -0.3 is 91.3 Å². The van der Waals surface area contributed by atoms with Crippen LogP contribution in [-0.4, -0.2) is 177 Å². The molecule has 0 saturated heterocycles. The first-order chi connectivity index (χ1) is 48.0. The molecule has 0 aliphatic rings. The van der Waals surface area contributed by atoms with Gasteiger partial charge in [0.05, 0.1) is 12.8 Å². The van der Waals surface area contributed by atoms with Crippen molar-refractivity contribution in [2.75, 3.05) is 18.6 Å². The van der Waals surface area contributed by atoms with E-state index in [-0.39, 0.29) is 81.8 Å². The minimum Gasteiger partial charge on any atom is -0.508 e. The summed E-state index contributed by atoms with van der Waals surface area (Å²) in [6, 6.07) is 6.08. The monoisotopic (exact) mass is 1420 g/mol. The highest BCUT2D eigenvalue weighted by Gasteiger charge is 2.38. The average molecular weight is 1420 g/mol. The second-order valence-electron chi connectivity index (χ2n) is 24.5. The SMILES string of the molecule is C#CCC(NC(=O)[C@H](Cc1ccc(O)cc1)NC(=O)[C@H](Cc1c[nH]c2ccccc12)NC(=O)[C@H](Cc1ccccc1)NC(=O)[C@@H](NC(=O)[C@H](CCSC)NC(=O)[C@H](CCCCN)NC(=O)[C@H](CC(N)=O)NC(=O)[C@H](CC(=O)O)NC(=O)[C@H](CC(C)C)NC(=O)C(N)N=[N+]=[N-])[C@@H](C)CC)C(N)=O. The van der Waals surface area contributed by atoms with Crippen molar-refractivity contribution in [3.63, 3.8) is 0 Å². The number of para-hydroxylation sites is 1. The number of fused-ring (bicyclic) bond motifs is 1. The lowest BCUT2D eigenvalue weighted by molar-refractivity contribution is -0.142. The normalized spacial score (nSPS) is 14.6. The Labute approximate surface area is 587 Å². The zero-order valence-electron chi connectivity index (χ0n) is 56.8. The van der Waals surface area contributed by atoms with E-state index in [2.05, 4.69) is 74.1 Å². The van der Waals surface area contributed by atoms with Gasteiger partial charge in [-0.05, 0) is 103 Å². The lowest BCUT2D eigenvalue weighted by Crippen LogP contribution is -2.62. The van der Waals surface area contributed by atoms with Gasteiger partial charge in [-0.3, -0.25) is 62.3 Å². The number of H-pyrrole nitrogens is 1. The molecule has 33 nitrogen and oxygen atoms in total. The van der Waals surface area contributed by atoms with Gasteiger partial charge in [0.15, 0.2) is 6.17 Å². The number of amides is 12. The molecule has 2 unspecified atom stereocenters. The number of unbranched alkanes of at least 4 members (excludes halogenated alkanes) is 1. The molecule has 0 aliphatic carbocycles. The number of primary amides is 2. The van der Waals surface area contributed by atoms with Crippen LogP contribution in [0.2, 0.25) is 0 Å². The predicted molar refractivity (Wildman–Crippen MR) is 374 cm³/mol. The van der Waals surface area contributed by atoms with Crippen molar-refractivity contribution in [1.82, 2.24) is 58.2 Å². The van der Waals surface area contributed by atoms with Gasteiger partial charge in [0.2, 0.25) is 70.9 Å². The summed E-state index contributed by atoms with van der Waals surface area (Å²) < 4.78 is 0. The number of nitrogens with zero attached hydrogens (tertiary/aromatic N) is 3. The van der Waals surface area contributed by atoms with E-state index >= 15 is 4.79 Å². The Morgan fingerprint density at radius 1 is 0.594 bits per heavy atom. The van der Waals surface area contributed by atoms with Crippen LogP contribution in [-0.2, 0) is 81.6 Å². The Hall–Kier alpha value is -10.7. The molecule has 4 aromatic rings. The van der Waals surface area contributed by atoms with Crippen LogP contribution in [0.15, 0.2) is 90.2 Å². The third-order valence-electron chi connectivity index (χ3n) is 16.1. The van der Waals surface area contributed by atoms with Gasteiger partial charge in [0, 0.05) is 47.7 Å². The first-order valence-corrected chi connectivity index (χ1v) is 34.0. The number of carbonyl (C=O) groups is 13. The third kappa shape index (κ3) is 27.8. The predicted octanol–water partition coefficient (Wildman–Crippen LogP) is -0.823. The van der Waals surface area contributed by atoms with Crippen LogP contribution >= 0.6 is 11.8 Å². The Kier molecular flexibility index (Phi) is 34.6. The number of hydrogen-bond acceptors (Lipinski definition) is 18. The molecule has 0 radical (unpaired) electrons. The molecular formula is C67H92N18O15S. The second kappa shape index (κ2) is 42.3. The fourth-order valence-corrected chi connectivity index (χ4v) is 10.9. The molecular weight excluding hydrogens is 1330 g/mol. The minimum absolute atomic E-state index is 0.0522. The Balaban J connectivity index is 1.67. The van der Waals surface area contributed by atoms with E-state index in [4.69, 9.17) is 34.9 Å². The molecule has 34 heteroatoms. The number of aliphatic carboxylic acids is 1. The fourth-order valence-electron chi connectivity index (χ4n) is 10.5. The zero-order chi connectivity index (χ0) is 74.9. The number of azide groups is 1. The molecule has 101 heavy (non-hydrogen) atoms. The topological polar surface area (TPSA) is 551 Å². The van der Waals surface area contributed by atoms with Crippen molar-refractivity contribution >= 4 is 99.5 Å². The zero-order valence-corrected chi connectivity index (χ0v) is 57.6. The van der Waals surface area contributed by atoms with E-state index in [9.17, 15) is 67.7 Å². The van der Waals surface area contributed by atoms with E-state index in [1.165, 1.54) is 36.0 Å². The lowest BCUT2D eigenvalue weighted by atomic mass is 9.96. The molecule has 0 fully saturated rings. The summed E-state index contributed by atoms with van der Waals surface area (Å²) in [5.74, 6) is -12.1. The van der Waals surface area contributed by atoms with Crippen LogP contribution in [0.25, 0.3) is 21.3 Å². The summed E-state index contributed by atoms with van der Waals surface area (Å²) >= 11 is 1.30. The number of nitrogens with two attached hydrogens (primary N) is 4. The highest BCUT2D eigenvalue weighted by Crippen LogP contribution is 2.21. The van der Waals surface area contributed by atoms with Crippen molar-refractivity contribution in [2.24, 2.45) is 39.9 Å². The number of aromatic hydroxyl groups is 1. The molecule has 0 spiro atoms. The molecule has 1 heterocycles. The summed E-state index contributed by atoms with van der Waals surface area (Å²) in [6.07, 6.45) is 4.82. The van der Waals surface area contributed by atoms with Gasteiger partial charge in [0.25, 0.3) is 0 Å². The number of phenolic OH excluding ortho intramolecular Hbond substituents is 1. The van der Waals surface area contributed by atoms with E-state index in [1.54, 1.807) is 94.7 Å². The highest BCUT2D eigenvalue weighted by atomic mass is 32.2. The smallest absolute Gasteiger partial charge is 0.305 e. The third-order valence-corrected chi connectivity index (χ3v) is 16.7. The molecule has 21 N–H and O–H groups in total. The number of carbonyl (C=O) groups excluding carboxylic acids is 12. The number of aromatic amines is 1. The fraction of sp³-hybridized carbons (Fsp3) is 0.478. The minimum atomic E-state index is -1.96. The standard InChI is InChI=1S/C67H92N18O15S/c1-7-16-44(57(71)90)74-61(94)48(31-39-22-24-41(86)25-23-39)77-63(96)50(32-40-35-73-43-20-13-12-19-42(40)43)78-62(95)49(30-38-17-10-9-11-18-38)81-66(99)55(37(5)8-2)83-59(92)46(26-28-101-6)76-58(91)45(21-14-15-27-68)75-64(97)51(33-53(69)87)79-65(98)52(34-54(88)89)80-60(93)47(29-36(3)4)82-67(100)56(70)84-85-72/h1,9-13,17-20,22-25,35-37,44-52,55-56,73,86H,8,14-16,21,26-34,68,70H2,2-6H3,(H2,69,87)(H2,71,90)(H,74,94)(H,75,97)(H,76,91)(H,77,96)(H,78,95)(H,79,98)(H,80,93)(H,81,99)(H,82,100)(H,83,92)(H,88,89)/t37-,44?,45-,46-,47-,48-,49-,50-,51-,52-,55-,56?/m0/s1. The van der Waals surface area contributed by atoms with E-state index in [0.29, 0.717) is 34.0 Å². The number of terminal acetylenes is 1. The number of phenols is 1. The van der Waals surface area contributed by atoms with Gasteiger partial charge in [0.1, 0.15) is 66.2 Å². The number of carboxylic acids is 1. The maximum absolute atomic E-state index is 15.1. The first-order valence-electron chi connectivity index (χ1n) is 32.6. The summed E-state index contributed by atoms with van der Waals surface area (Å²) in [6.45, 7) is 6.91. The second-order valence-corrected chi connectivity index (χ2v) is 25.5. The van der Waals surface area contributed by atoms with E-state index in [1.807, 2.05) is 0 Å². The van der Waals surface area contributed by atoms with Crippen molar-refractivity contribution < 1.29 is 72.5 Å². The largest absolute Gasteiger partial charge is 0.508 e. The molecule has 1 aromatic heterocycles. The molecule has 3 aromatic carbocycles. The molecule has 12 atom stereocenters. The van der Waals surface area contributed by atoms with Crippen LogP contribution in [0.4, 0.5) is 0 Å². The van der Waals surface area contributed by atoms with Gasteiger partial charge in [-0.25, -0.2) is 0 Å². The Morgan fingerprint density at radius 2 is 1.07 bits per heavy atom. The van der Waals surface area contributed by atoms with Crippen molar-refractivity contribution in [2.45, 2.75) is 171 Å². The maximum atomic E-state index is 15.1. The van der Waals surface area contributed by atoms with Crippen molar-refractivity contribution in [1.29, 1.82) is 0 Å². The van der Waals surface area contributed by atoms with Crippen LogP contribution in [0, 0.1) is 24.2 Å². The lowest BCUT2D eigenvalue weighted by Gasteiger charge is -2.30. The van der Waals surface area contributed by atoms with Gasteiger partial charge >= 0.3 is 5.97 Å². The molecule has 4 rings (SSSR count). The van der Waals surface area contributed by atoms with Gasteiger partial charge in [-0.1, -0.05) is 99.9 Å². The number of aromatic nitrogens is 1. The first kappa shape index (κ1) is 82.7. The highest BCUT2D eigenvalue weighted by molar-refractivity contribution is 7.98.